The quantitative estimate of drug-likeness (QED) is 0.743. The second kappa shape index (κ2) is 6.53. The van der Waals surface area contributed by atoms with Gasteiger partial charge in [-0.1, -0.05) is 6.07 Å². The van der Waals surface area contributed by atoms with E-state index in [9.17, 15) is 13.6 Å². The van der Waals surface area contributed by atoms with E-state index in [1.165, 1.54) is 24.3 Å². The fraction of sp³-hybridized carbons (Fsp3) is 0.125. The number of ether oxygens (including phenoxy) is 1. The number of nitrogens with zero attached hydrogens (tertiary/aromatic N) is 1. The van der Waals surface area contributed by atoms with Crippen molar-refractivity contribution in [2.24, 2.45) is 0 Å². The third-order valence-corrected chi connectivity index (χ3v) is 3.13. The summed E-state index contributed by atoms with van der Waals surface area (Å²) in [5.74, 6) is 0.763. The Bertz CT molecular complexity index is 858. The maximum absolute atomic E-state index is 12.2. The first-order valence-corrected chi connectivity index (χ1v) is 7.00. The van der Waals surface area contributed by atoms with Crippen LogP contribution in [0.2, 0.25) is 0 Å². The molecule has 0 atom stereocenters. The minimum absolute atomic E-state index is 0.0448. The summed E-state index contributed by atoms with van der Waals surface area (Å²) in [6, 6.07) is 10.8. The van der Waals surface area contributed by atoms with E-state index in [1.807, 2.05) is 6.92 Å². The first kappa shape index (κ1) is 15.7. The van der Waals surface area contributed by atoms with Crippen LogP contribution in [0.4, 0.5) is 14.5 Å². The standard InChI is InChI=1S/C16H13F2N3O3/c1-9-5-6-14(23-9)12-8-13(21-20-12)15(22)19-10-3-2-4-11(7-10)24-16(17)18/h2-8,16H,1H3,(H,19,22)(H,20,21). The number of aromatic amines is 1. The molecule has 6 nitrogen and oxygen atoms in total. The number of halogens is 2. The van der Waals surface area contributed by atoms with Crippen molar-refractivity contribution in [1.29, 1.82) is 0 Å². The van der Waals surface area contributed by atoms with Crippen molar-refractivity contribution in [3.8, 4) is 17.2 Å². The van der Waals surface area contributed by atoms with Crippen LogP contribution in [0, 0.1) is 6.92 Å². The lowest BCUT2D eigenvalue weighted by Gasteiger charge is -2.07. The lowest BCUT2D eigenvalue weighted by atomic mass is 10.2. The lowest BCUT2D eigenvalue weighted by molar-refractivity contribution is -0.0497. The van der Waals surface area contributed by atoms with Gasteiger partial charge in [0, 0.05) is 17.8 Å². The number of hydrogen-bond acceptors (Lipinski definition) is 4. The van der Waals surface area contributed by atoms with Gasteiger partial charge in [0.15, 0.2) is 11.5 Å². The molecule has 3 rings (SSSR count). The summed E-state index contributed by atoms with van der Waals surface area (Å²) in [5, 5.41) is 9.20. The van der Waals surface area contributed by atoms with Gasteiger partial charge in [-0.3, -0.25) is 9.89 Å². The Morgan fingerprint density at radius 3 is 2.83 bits per heavy atom. The molecule has 0 fully saturated rings. The van der Waals surface area contributed by atoms with E-state index in [2.05, 4.69) is 20.3 Å². The van der Waals surface area contributed by atoms with Gasteiger partial charge in [0.25, 0.3) is 5.91 Å². The lowest BCUT2D eigenvalue weighted by Crippen LogP contribution is -2.12. The van der Waals surface area contributed by atoms with Crippen LogP contribution in [0.3, 0.4) is 0 Å². The number of H-pyrrole nitrogens is 1. The first-order chi connectivity index (χ1) is 11.5. The van der Waals surface area contributed by atoms with Gasteiger partial charge in [0.05, 0.1) is 0 Å². The molecule has 0 unspecified atom stereocenters. The van der Waals surface area contributed by atoms with Crippen LogP contribution >= 0.6 is 0 Å². The Morgan fingerprint density at radius 1 is 1.29 bits per heavy atom. The molecule has 0 radical (unpaired) electrons. The fourth-order valence-corrected chi connectivity index (χ4v) is 2.09. The molecule has 1 aromatic carbocycles. The molecule has 0 saturated carbocycles. The molecule has 2 heterocycles. The van der Waals surface area contributed by atoms with E-state index in [1.54, 1.807) is 18.2 Å². The van der Waals surface area contributed by atoms with E-state index in [-0.39, 0.29) is 11.4 Å². The molecule has 0 bridgehead atoms. The molecule has 8 heteroatoms. The summed E-state index contributed by atoms with van der Waals surface area (Å²) >= 11 is 0. The van der Waals surface area contributed by atoms with Crippen molar-refractivity contribution >= 4 is 11.6 Å². The monoisotopic (exact) mass is 333 g/mol. The minimum Gasteiger partial charge on any atom is -0.460 e. The van der Waals surface area contributed by atoms with Crippen molar-refractivity contribution < 1.29 is 22.7 Å². The van der Waals surface area contributed by atoms with E-state index < -0.39 is 12.5 Å². The van der Waals surface area contributed by atoms with E-state index in [0.29, 0.717) is 17.1 Å². The number of aromatic nitrogens is 2. The highest BCUT2D eigenvalue weighted by atomic mass is 19.3. The van der Waals surface area contributed by atoms with Crippen LogP contribution in [0.5, 0.6) is 5.75 Å². The summed E-state index contributed by atoms with van der Waals surface area (Å²) in [4.78, 5) is 12.2. The number of hydrogen-bond donors (Lipinski definition) is 2. The molecule has 0 spiro atoms. The number of carbonyl (C=O) groups excluding carboxylic acids is 1. The fourth-order valence-electron chi connectivity index (χ4n) is 2.09. The van der Waals surface area contributed by atoms with Crippen LogP contribution < -0.4 is 10.1 Å². The molecule has 0 saturated heterocycles. The predicted octanol–water partition coefficient (Wildman–Crippen LogP) is 3.83. The molecule has 2 aromatic heterocycles. The largest absolute Gasteiger partial charge is 0.460 e. The molecular weight excluding hydrogens is 320 g/mol. The Kier molecular flexibility index (Phi) is 4.28. The Hall–Kier alpha value is -3.16. The number of amides is 1. The Balaban J connectivity index is 1.72. The maximum Gasteiger partial charge on any atom is 0.387 e. The molecule has 124 valence electrons. The highest BCUT2D eigenvalue weighted by Gasteiger charge is 2.14. The minimum atomic E-state index is -2.93. The van der Waals surface area contributed by atoms with Gasteiger partial charge < -0.3 is 14.5 Å². The SMILES string of the molecule is Cc1ccc(-c2cc(C(=O)Nc3cccc(OC(F)F)c3)n[nH]2)o1. The summed E-state index contributed by atoms with van der Waals surface area (Å²) in [6.45, 7) is -1.12. The summed E-state index contributed by atoms with van der Waals surface area (Å²) < 4.78 is 34.2. The highest BCUT2D eigenvalue weighted by Crippen LogP contribution is 2.22. The zero-order valence-corrected chi connectivity index (χ0v) is 12.5. The van der Waals surface area contributed by atoms with Crippen molar-refractivity contribution in [1.82, 2.24) is 10.2 Å². The summed E-state index contributed by atoms with van der Waals surface area (Å²) in [5.41, 5.74) is 1.01. The number of rotatable bonds is 5. The third kappa shape index (κ3) is 3.60. The van der Waals surface area contributed by atoms with Gasteiger partial charge in [0.1, 0.15) is 17.2 Å². The number of anilines is 1. The van der Waals surface area contributed by atoms with Crippen LogP contribution in [0.25, 0.3) is 11.5 Å². The number of benzene rings is 1. The van der Waals surface area contributed by atoms with Crippen molar-refractivity contribution in [3.05, 3.63) is 53.9 Å². The second-order valence-corrected chi connectivity index (χ2v) is 4.94. The summed E-state index contributed by atoms with van der Waals surface area (Å²) in [7, 11) is 0. The molecule has 1 amide bonds. The topological polar surface area (TPSA) is 80.1 Å². The molecule has 3 aromatic rings. The molecule has 0 aliphatic carbocycles. The van der Waals surface area contributed by atoms with Gasteiger partial charge in [-0.05, 0) is 31.2 Å². The van der Waals surface area contributed by atoms with E-state index in [4.69, 9.17) is 4.42 Å². The first-order valence-electron chi connectivity index (χ1n) is 7.00. The highest BCUT2D eigenvalue weighted by molar-refractivity contribution is 6.03. The van der Waals surface area contributed by atoms with Gasteiger partial charge >= 0.3 is 6.61 Å². The van der Waals surface area contributed by atoms with Crippen LogP contribution in [0.15, 0.2) is 46.9 Å². The van der Waals surface area contributed by atoms with Gasteiger partial charge in [0.2, 0.25) is 0 Å². The van der Waals surface area contributed by atoms with E-state index >= 15 is 0 Å². The molecule has 2 N–H and O–H groups in total. The number of nitrogens with one attached hydrogen (secondary N) is 2. The average molecular weight is 333 g/mol. The number of carbonyl (C=O) groups is 1. The Morgan fingerprint density at radius 2 is 2.12 bits per heavy atom. The zero-order valence-electron chi connectivity index (χ0n) is 12.5. The molecule has 0 aliphatic rings. The van der Waals surface area contributed by atoms with Crippen molar-refractivity contribution in [2.75, 3.05) is 5.32 Å². The third-order valence-electron chi connectivity index (χ3n) is 3.13. The molecule has 0 aliphatic heterocycles. The smallest absolute Gasteiger partial charge is 0.387 e. The molecular formula is C16H13F2N3O3. The molecule has 24 heavy (non-hydrogen) atoms. The van der Waals surface area contributed by atoms with Crippen LogP contribution in [-0.4, -0.2) is 22.7 Å². The van der Waals surface area contributed by atoms with Crippen LogP contribution in [0.1, 0.15) is 16.2 Å². The second-order valence-electron chi connectivity index (χ2n) is 4.94. The van der Waals surface area contributed by atoms with Crippen molar-refractivity contribution in [2.45, 2.75) is 13.5 Å². The maximum atomic E-state index is 12.2. The van der Waals surface area contributed by atoms with Crippen LogP contribution in [-0.2, 0) is 0 Å². The predicted molar refractivity (Wildman–Crippen MR) is 82.1 cm³/mol. The number of aryl methyl sites for hydroxylation is 1. The van der Waals surface area contributed by atoms with Gasteiger partial charge in [-0.15, -0.1) is 0 Å². The van der Waals surface area contributed by atoms with Gasteiger partial charge in [-0.25, -0.2) is 0 Å². The van der Waals surface area contributed by atoms with E-state index in [0.717, 1.165) is 5.76 Å². The normalized spacial score (nSPS) is 10.8. The Labute approximate surface area is 135 Å². The van der Waals surface area contributed by atoms with Crippen molar-refractivity contribution in [3.63, 3.8) is 0 Å². The summed E-state index contributed by atoms with van der Waals surface area (Å²) in [6.07, 6.45) is 0. The number of alkyl halides is 2. The average Bonchev–Trinajstić information content (AvgIpc) is 3.15. The zero-order chi connectivity index (χ0) is 17.1. The van der Waals surface area contributed by atoms with Gasteiger partial charge in [-0.2, -0.15) is 13.9 Å². The number of furan rings is 1.